The highest BCUT2D eigenvalue weighted by Gasteiger charge is 2.07. The highest BCUT2D eigenvalue weighted by Crippen LogP contribution is 2.33. The molecular formula is C8H3Br3N2OS. The molecule has 3 nitrogen and oxygen atoms in total. The Kier molecular flexibility index (Phi) is 3.76. The Bertz CT molecular complexity index is 488. The highest BCUT2D eigenvalue weighted by atomic mass is 79.9. The van der Waals surface area contributed by atoms with Crippen LogP contribution in [0.2, 0.25) is 0 Å². The summed E-state index contributed by atoms with van der Waals surface area (Å²) in [6.45, 7) is 0. The number of nitrogens with zero attached hydrogens (tertiary/aromatic N) is 2. The summed E-state index contributed by atoms with van der Waals surface area (Å²) >= 11 is 11.3. The van der Waals surface area contributed by atoms with E-state index in [2.05, 4.69) is 58.0 Å². The Labute approximate surface area is 115 Å². The number of aromatic nitrogens is 2. The van der Waals surface area contributed by atoms with Gasteiger partial charge in [0.1, 0.15) is 5.75 Å². The lowest BCUT2D eigenvalue weighted by Crippen LogP contribution is -1.84. The van der Waals surface area contributed by atoms with Gasteiger partial charge in [0.2, 0.25) is 0 Å². The average molecular weight is 415 g/mol. The van der Waals surface area contributed by atoms with Gasteiger partial charge in [0, 0.05) is 4.47 Å². The van der Waals surface area contributed by atoms with Gasteiger partial charge in [-0.15, -0.1) is 5.10 Å². The van der Waals surface area contributed by atoms with E-state index in [-0.39, 0.29) is 0 Å². The van der Waals surface area contributed by atoms with Crippen LogP contribution in [0.25, 0.3) is 0 Å². The first kappa shape index (κ1) is 11.5. The van der Waals surface area contributed by atoms with Gasteiger partial charge >= 0.3 is 0 Å². The van der Waals surface area contributed by atoms with Crippen molar-refractivity contribution in [1.29, 1.82) is 0 Å². The van der Waals surface area contributed by atoms with Gasteiger partial charge in [0.15, 0.2) is 3.92 Å². The second kappa shape index (κ2) is 4.90. The Hall–Kier alpha value is 0.0200. The number of hydrogen-bond acceptors (Lipinski definition) is 4. The van der Waals surface area contributed by atoms with Crippen LogP contribution >= 0.6 is 59.1 Å². The third-order valence-corrected chi connectivity index (χ3v) is 3.82. The number of hydrogen-bond donors (Lipinski definition) is 0. The summed E-state index contributed by atoms with van der Waals surface area (Å²) in [5.74, 6) is 0.710. The van der Waals surface area contributed by atoms with Gasteiger partial charge in [0.25, 0.3) is 5.19 Å². The molecule has 0 aliphatic rings. The molecule has 0 unspecified atom stereocenters. The maximum Gasteiger partial charge on any atom is 0.300 e. The monoisotopic (exact) mass is 412 g/mol. The zero-order valence-corrected chi connectivity index (χ0v) is 12.7. The molecule has 0 bridgehead atoms. The highest BCUT2D eigenvalue weighted by molar-refractivity contribution is 9.11. The fourth-order valence-electron chi connectivity index (χ4n) is 0.886. The third kappa shape index (κ3) is 2.99. The lowest BCUT2D eigenvalue weighted by molar-refractivity contribution is 0.470. The van der Waals surface area contributed by atoms with Crippen LogP contribution in [0.4, 0.5) is 0 Å². The quantitative estimate of drug-likeness (QED) is 0.719. The first-order valence-electron chi connectivity index (χ1n) is 3.77. The average Bonchev–Trinajstić information content (AvgIpc) is 2.56. The topological polar surface area (TPSA) is 35.0 Å². The van der Waals surface area contributed by atoms with Crippen molar-refractivity contribution in [3.63, 3.8) is 0 Å². The van der Waals surface area contributed by atoms with Crippen LogP contribution in [0.1, 0.15) is 0 Å². The molecule has 0 aliphatic carbocycles. The molecule has 0 aliphatic heterocycles. The second-order valence-corrected chi connectivity index (χ2v) is 6.48. The molecule has 7 heteroatoms. The molecule has 0 saturated carbocycles. The Morgan fingerprint density at radius 2 is 1.93 bits per heavy atom. The van der Waals surface area contributed by atoms with Crippen molar-refractivity contribution in [3.8, 4) is 10.9 Å². The smallest absolute Gasteiger partial charge is 0.300 e. The number of rotatable bonds is 2. The standard InChI is InChI=1S/C8H3Br3N2OS/c9-4-1-2-6(5(10)3-4)14-8-13-12-7(11)15-8/h1-3H. The van der Waals surface area contributed by atoms with Crippen molar-refractivity contribution >= 4 is 59.1 Å². The molecule has 0 fully saturated rings. The van der Waals surface area contributed by atoms with Crippen LogP contribution in [-0.2, 0) is 0 Å². The lowest BCUT2D eigenvalue weighted by atomic mass is 10.3. The predicted octanol–water partition coefficient (Wildman–Crippen LogP) is 4.62. The van der Waals surface area contributed by atoms with Gasteiger partial charge in [-0.25, -0.2) is 0 Å². The molecule has 1 heterocycles. The van der Waals surface area contributed by atoms with Crippen LogP contribution in [0.3, 0.4) is 0 Å². The number of halogens is 3. The Balaban J connectivity index is 2.24. The van der Waals surface area contributed by atoms with Crippen molar-refractivity contribution in [3.05, 3.63) is 31.1 Å². The van der Waals surface area contributed by atoms with Crippen molar-refractivity contribution in [2.45, 2.75) is 0 Å². The van der Waals surface area contributed by atoms with Crippen LogP contribution in [0.15, 0.2) is 31.1 Å². The lowest BCUT2D eigenvalue weighted by Gasteiger charge is -2.03. The van der Waals surface area contributed by atoms with E-state index in [4.69, 9.17) is 4.74 Å². The summed E-state index contributed by atoms with van der Waals surface area (Å²) in [5, 5.41) is 8.14. The Morgan fingerprint density at radius 1 is 1.13 bits per heavy atom. The van der Waals surface area contributed by atoms with E-state index in [1.807, 2.05) is 18.2 Å². The number of benzene rings is 1. The second-order valence-electron chi connectivity index (χ2n) is 2.50. The molecule has 1 aromatic heterocycles. The van der Waals surface area contributed by atoms with Gasteiger partial charge in [-0.1, -0.05) is 21.0 Å². The van der Waals surface area contributed by atoms with E-state index < -0.39 is 0 Å². The summed E-state index contributed by atoms with van der Waals surface area (Å²) in [5.41, 5.74) is 0. The molecule has 0 amide bonds. The molecule has 2 rings (SSSR count). The third-order valence-electron chi connectivity index (χ3n) is 1.47. The van der Waals surface area contributed by atoms with Gasteiger partial charge in [0.05, 0.1) is 4.47 Å². The van der Waals surface area contributed by atoms with E-state index in [0.717, 1.165) is 8.95 Å². The maximum absolute atomic E-state index is 5.53. The van der Waals surface area contributed by atoms with E-state index in [0.29, 0.717) is 14.9 Å². The number of ether oxygens (including phenoxy) is 1. The van der Waals surface area contributed by atoms with Crippen molar-refractivity contribution in [2.75, 3.05) is 0 Å². The molecule has 78 valence electrons. The van der Waals surface area contributed by atoms with Crippen molar-refractivity contribution in [2.24, 2.45) is 0 Å². The van der Waals surface area contributed by atoms with Gasteiger partial charge in [-0.2, -0.15) is 0 Å². The molecule has 0 atom stereocenters. The van der Waals surface area contributed by atoms with E-state index in [9.17, 15) is 0 Å². The largest absolute Gasteiger partial charge is 0.429 e. The molecular weight excluding hydrogens is 412 g/mol. The fourth-order valence-corrected chi connectivity index (χ4v) is 2.95. The minimum atomic E-state index is 0.505. The first-order chi connectivity index (χ1) is 7.15. The van der Waals surface area contributed by atoms with Gasteiger partial charge in [-0.05, 0) is 61.4 Å². The van der Waals surface area contributed by atoms with Gasteiger partial charge in [-0.3, -0.25) is 0 Å². The summed E-state index contributed by atoms with van der Waals surface area (Å²) in [6.07, 6.45) is 0. The van der Waals surface area contributed by atoms with Crippen LogP contribution in [-0.4, -0.2) is 10.2 Å². The predicted molar refractivity (Wildman–Crippen MR) is 69.5 cm³/mol. The van der Waals surface area contributed by atoms with Crippen LogP contribution < -0.4 is 4.74 Å². The molecule has 0 N–H and O–H groups in total. The van der Waals surface area contributed by atoms with Gasteiger partial charge < -0.3 is 4.74 Å². The minimum absolute atomic E-state index is 0.505. The van der Waals surface area contributed by atoms with Crippen LogP contribution in [0, 0.1) is 0 Å². The fraction of sp³-hybridized carbons (Fsp3) is 0. The Morgan fingerprint density at radius 3 is 2.53 bits per heavy atom. The molecule has 0 radical (unpaired) electrons. The summed E-state index contributed by atoms with van der Waals surface area (Å²) in [7, 11) is 0. The zero-order chi connectivity index (χ0) is 10.8. The zero-order valence-electron chi connectivity index (χ0n) is 7.08. The summed E-state index contributed by atoms with van der Waals surface area (Å²) in [4.78, 5) is 0. The molecule has 1 aromatic carbocycles. The van der Waals surface area contributed by atoms with E-state index >= 15 is 0 Å². The SMILES string of the molecule is Brc1ccc(Oc2nnc(Br)s2)c(Br)c1. The van der Waals surface area contributed by atoms with Crippen molar-refractivity contribution in [1.82, 2.24) is 10.2 Å². The summed E-state index contributed by atoms with van der Waals surface area (Å²) in [6, 6.07) is 5.66. The molecule has 0 spiro atoms. The first-order valence-corrected chi connectivity index (χ1v) is 6.96. The van der Waals surface area contributed by atoms with E-state index in [1.54, 1.807) is 0 Å². The molecule has 0 saturated heterocycles. The summed E-state index contributed by atoms with van der Waals surface area (Å²) < 4.78 is 8.08. The van der Waals surface area contributed by atoms with Crippen molar-refractivity contribution < 1.29 is 4.74 Å². The minimum Gasteiger partial charge on any atom is -0.429 e. The normalized spacial score (nSPS) is 10.3. The van der Waals surface area contributed by atoms with Crippen LogP contribution in [0.5, 0.6) is 10.9 Å². The van der Waals surface area contributed by atoms with E-state index in [1.165, 1.54) is 11.3 Å². The molecule has 15 heavy (non-hydrogen) atoms. The molecule has 2 aromatic rings. The maximum atomic E-state index is 5.53.